The summed E-state index contributed by atoms with van der Waals surface area (Å²) < 4.78 is 0. The summed E-state index contributed by atoms with van der Waals surface area (Å²) in [6, 6.07) is 17.4. The van der Waals surface area contributed by atoms with Gasteiger partial charge in [-0.25, -0.2) is 0 Å². The van der Waals surface area contributed by atoms with E-state index in [9.17, 15) is 5.11 Å². The van der Waals surface area contributed by atoms with Gasteiger partial charge in [0, 0.05) is 11.5 Å². The van der Waals surface area contributed by atoms with Crippen LogP contribution in [-0.4, -0.2) is 29.6 Å². The zero-order chi connectivity index (χ0) is 15.3. The second-order valence-corrected chi connectivity index (χ2v) is 6.97. The number of likely N-dealkylation sites (N-methyl/N-ethyl adjacent to an activating group) is 1. The van der Waals surface area contributed by atoms with Crippen molar-refractivity contribution in [2.75, 3.05) is 13.6 Å². The molecular formula is C20H24ClNO. The quantitative estimate of drug-likeness (QED) is 0.855. The second-order valence-electron chi connectivity index (χ2n) is 6.97. The number of benzene rings is 2. The Hall–Kier alpha value is -1.51. The van der Waals surface area contributed by atoms with Crippen molar-refractivity contribution in [1.29, 1.82) is 0 Å². The van der Waals surface area contributed by atoms with E-state index < -0.39 is 0 Å². The fourth-order valence-electron chi connectivity index (χ4n) is 4.85. The maximum absolute atomic E-state index is 10.1. The lowest BCUT2D eigenvalue weighted by Gasteiger charge is -2.55. The first-order valence-electron chi connectivity index (χ1n) is 8.21. The van der Waals surface area contributed by atoms with E-state index in [1.165, 1.54) is 16.7 Å². The van der Waals surface area contributed by atoms with E-state index in [0.717, 1.165) is 19.4 Å². The minimum atomic E-state index is 0. The van der Waals surface area contributed by atoms with Crippen LogP contribution in [0.4, 0.5) is 0 Å². The SMILES string of the molecule is C[C@@H]1[C@@H]2Cc3ccc(O)cc3[C@@]1(c1ccccc1)CCN2C.Cl. The smallest absolute Gasteiger partial charge is 0.115 e. The average Bonchev–Trinajstić information content (AvgIpc) is 2.53. The third-order valence-corrected chi connectivity index (χ3v) is 6.07. The zero-order valence-electron chi connectivity index (χ0n) is 13.7. The van der Waals surface area contributed by atoms with Gasteiger partial charge in [-0.05, 0) is 61.2 Å². The highest BCUT2D eigenvalue weighted by Gasteiger charge is 2.51. The first-order valence-corrected chi connectivity index (χ1v) is 8.21. The van der Waals surface area contributed by atoms with Crippen LogP contribution in [0.15, 0.2) is 48.5 Å². The van der Waals surface area contributed by atoms with Gasteiger partial charge in [-0.1, -0.05) is 43.3 Å². The third-order valence-electron chi connectivity index (χ3n) is 6.07. The highest BCUT2D eigenvalue weighted by atomic mass is 35.5. The summed E-state index contributed by atoms with van der Waals surface area (Å²) in [4.78, 5) is 2.52. The van der Waals surface area contributed by atoms with E-state index in [4.69, 9.17) is 0 Å². The molecule has 2 aromatic rings. The highest BCUT2D eigenvalue weighted by molar-refractivity contribution is 5.85. The molecule has 2 aromatic carbocycles. The summed E-state index contributed by atoms with van der Waals surface area (Å²) >= 11 is 0. The molecule has 3 atom stereocenters. The van der Waals surface area contributed by atoms with Gasteiger partial charge in [-0.15, -0.1) is 12.4 Å². The van der Waals surface area contributed by atoms with Crippen molar-refractivity contribution >= 4 is 12.4 Å². The molecule has 23 heavy (non-hydrogen) atoms. The van der Waals surface area contributed by atoms with E-state index in [2.05, 4.69) is 55.3 Å². The van der Waals surface area contributed by atoms with Crippen molar-refractivity contribution in [2.24, 2.45) is 5.92 Å². The highest BCUT2D eigenvalue weighted by Crippen LogP contribution is 2.52. The normalized spacial score (nSPS) is 29.5. The lowest BCUT2D eigenvalue weighted by molar-refractivity contribution is 0.0613. The Morgan fingerprint density at radius 2 is 1.87 bits per heavy atom. The lowest BCUT2D eigenvalue weighted by Crippen LogP contribution is -2.58. The number of fused-ring (bicyclic) bond motifs is 4. The Balaban J connectivity index is 0.00000156. The molecule has 0 unspecified atom stereocenters. The van der Waals surface area contributed by atoms with Gasteiger partial charge in [-0.3, -0.25) is 0 Å². The molecule has 0 amide bonds. The first-order chi connectivity index (χ1) is 10.6. The maximum Gasteiger partial charge on any atom is 0.115 e. The Labute approximate surface area is 144 Å². The monoisotopic (exact) mass is 329 g/mol. The number of phenols is 1. The molecule has 1 aliphatic heterocycles. The number of halogens is 1. The molecule has 0 saturated carbocycles. The fraction of sp³-hybridized carbons (Fsp3) is 0.400. The molecule has 1 saturated heterocycles. The van der Waals surface area contributed by atoms with E-state index >= 15 is 0 Å². The Bertz CT molecular complexity index is 702. The number of rotatable bonds is 1. The van der Waals surface area contributed by atoms with E-state index in [-0.39, 0.29) is 17.8 Å². The van der Waals surface area contributed by atoms with E-state index in [0.29, 0.717) is 17.7 Å². The molecule has 1 N–H and O–H groups in total. The van der Waals surface area contributed by atoms with Crippen molar-refractivity contribution in [3.8, 4) is 5.75 Å². The summed E-state index contributed by atoms with van der Waals surface area (Å²) in [7, 11) is 2.25. The Morgan fingerprint density at radius 1 is 1.13 bits per heavy atom. The first kappa shape index (κ1) is 16.4. The van der Waals surface area contributed by atoms with Gasteiger partial charge in [0.15, 0.2) is 0 Å². The topological polar surface area (TPSA) is 23.5 Å². The molecular weight excluding hydrogens is 306 g/mol. The number of hydrogen-bond acceptors (Lipinski definition) is 2. The van der Waals surface area contributed by atoms with Crippen molar-refractivity contribution in [2.45, 2.75) is 31.2 Å². The minimum absolute atomic E-state index is 0. The Kier molecular flexibility index (Phi) is 4.16. The van der Waals surface area contributed by atoms with Gasteiger partial charge < -0.3 is 10.0 Å². The molecule has 0 spiro atoms. The zero-order valence-corrected chi connectivity index (χ0v) is 14.5. The van der Waals surface area contributed by atoms with Crippen molar-refractivity contribution < 1.29 is 5.11 Å². The summed E-state index contributed by atoms with van der Waals surface area (Å²) in [5.41, 5.74) is 4.17. The van der Waals surface area contributed by atoms with Crippen LogP contribution in [0, 0.1) is 5.92 Å². The van der Waals surface area contributed by atoms with Crippen LogP contribution in [0.3, 0.4) is 0 Å². The van der Waals surface area contributed by atoms with Crippen molar-refractivity contribution in [3.05, 3.63) is 65.2 Å². The van der Waals surface area contributed by atoms with Crippen molar-refractivity contribution in [1.82, 2.24) is 4.90 Å². The predicted octanol–water partition coefficient (Wildman–Crippen LogP) is 4.00. The van der Waals surface area contributed by atoms with Crippen LogP contribution in [0.5, 0.6) is 5.75 Å². The molecule has 2 nitrogen and oxygen atoms in total. The molecule has 0 radical (unpaired) electrons. The third kappa shape index (κ3) is 2.28. The molecule has 2 aliphatic rings. The van der Waals surface area contributed by atoms with E-state index in [1.807, 2.05) is 12.1 Å². The molecule has 1 heterocycles. The van der Waals surface area contributed by atoms with Gasteiger partial charge in [-0.2, -0.15) is 0 Å². The predicted molar refractivity (Wildman–Crippen MR) is 96.5 cm³/mol. The number of hydrogen-bond donors (Lipinski definition) is 1. The van der Waals surface area contributed by atoms with Crippen LogP contribution in [0.25, 0.3) is 0 Å². The van der Waals surface area contributed by atoms with Crippen LogP contribution < -0.4 is 0 Å². The van der Waals surface area contributed by atoms with Crippen LogP contribution >= 0.6 is 12.4 Å². The standard InChI is InChI=1S/C20H23NO.ClH/c1-14-19-12-15-8-9-17(22)13-18(15)20(14,10-11-21(19)2)16-6-4-3-5-7-16;/h3-9,13-14,19,22H,10-12H2,1-2H3;1H/t14-,19+,20+;/m1./s1. The molecule has 3 heteroatoms. The number of likely N-dealkylation sites (tertiary alicyclic amines) is 1. The van der Waals surface area contributed by atoms with Crippen LogP contribution in [0.1, 0.15) is 30.0 Å². The number of piperidine rings is 1. The largest absolute Gasteiger partial charge is 0.508 e. The van der Waals surface area contributed by atoms with Crippen LogP contribution in [-0.2, 0) is 11.8 Å². The summed E-state index contributed by atoms with van der Waals surface area (Å²) in [6.07, 6.45) is 2.20. The lowest BCUT2D eigenvalue weighted by atomic mass is 9.55. The molecule has 1 fully saturated rings. The molecule has 122 valence electrons. The fourth-order valence-corrected chi connectivity index (χ4v) is 4.85. The average molecular weight is 330 g/mol. The molecule has 4 rings (SSSR count). The summed E-state index contributed by atoms with van der Waals surface area (Å²) in [5.74, 6) is 0.932. The molecule has 2 bridgehead atoms. The maximum atomic E-state index is 10.1. The number of phenolic OH excluding ortho intramolecular Hbond substituents is 1. The second kappa shape index (κ2) is 5.85. The van der Waals surface area contributed by atoms with Gasteiger partial charge in [0.05, 0.1) is 0 Å². The summed E-state index contributed by atoms with van der Waals surface area (Å²) in [5, 5.41) is 10.1. The van der Waals surface area contributed by atoms with Gasteiger partial charge in [0.25, 0.3) is 0 Å². The van der Waals surface area contributed by atoms with Gasteiger partial charge in [0.1, 0.15) is 5.75 Å². The number of aromatic hydroxyl groups is 1. The Morgan fingerprint density at radius 3 is 2.61 bits per heavy atom. The molecule has 0 aromatic heterocycles. The van der Waals surface area contributed by atoms with Gasteiger partial charge in [0.2, 0.25) is 0 Å². The minimum Gasteiger partial charge on any atom is -0.508 e. The van der Waals surface area contributed by atoms with E-state index in [1.54, 1.807) is 0 Å². The molecule has 1 aliphatic carbocycles. The number of nitrogens with zero attached hydrogens (tertiary/aromatic N) is 1. The summed E-state index contributed by atoms with van der Waals surface area (Å²) in [6.45, 7) is 3.50. The van der Waals surface area contributed by atoms with Crippen molar-refractivity contribution in [3.63, 3.8) is 0 Å². The van der Waals surface area contributed by atoms with Gasteiger partial charge >= 0.3 is 0 Å². The van der Waals surface area contributed by atoms with Crippen LogP contribution in [0.2, 0.25) is 0 Å².